The van der Waals surface area contributed by atoms with Gasteiger partial charge in [0.25, 0.3) is 0 Å². The average Bonchev–Trinajstić information content (AvgIpc) is 2.38. The van der Waals surface area contributed by atoms with E-state index in [2.05, 4.69) is 16.8 Å². The first kappa shape index (κ1) is 13.8. The summed E-state index contributed by atoms with van der Waals surface area (Å²) in [5.74, 6) is -0.649. The highest BCUT2D eigenvalue weighted by Crippen LogP contribution is 2.27. The van der Waals surface area contributed by atoms with Gasteiger partial charge in [-0.15, -0.1) is 0 Å². The van der Waals surface area contributed by atoms with Crippen molar-refractivity contribution in [2.24, 2.45) is 0 Å². The SMILES string of the molecule is CN1CCC(N2CCCCC2CCC(=O)O)CC1. The summed E-state index contributed by atoms with van der Waals surface area (Å²) in [5.41, 5.74) is 0. The summed E-state index contributed by atoms with van der Waals surface area (Å²) < 4.78 is 0. The Morgan fingerprint density at radius 2 is 1.89 bits per heavy atom. The van der Waals surface area contributed by atoms with Gasteiger partial charge >= 0.3 is 5.97 Å². The number of hydrogen-bond donors (Lipinski definition) is 1. The number of nitrogens with zero attached hydrogens (tertiary/aromatic N) is 2. The molecule has 2 fully saturated rings. The van der Waals surface area contributed by atoms with Gasteiger partial charge in [0.2, 0.25) is 0 Å². The lowest BCUT2D eigenvalue weighted by Crippen LogP contribution is -2.50. The number of carbonyl (C=O) groups is 1. The first-order valence-corrected chi connectivity index (χ1v) is 7.33. The summed E-state index contributed by atoms with van der Waals surface area (Å²) >= 11 is 0. The van der Waals surface area contributed by atoms with Crippen molar-refractivity contribution in [3.63, 3.8) is 0 Å². The fourth-order valence-electron chi connectivity index (χ4n) is 3.43. The van der Waals surface area contributed by atoms with Gasteiger partial charge in [0, 0.05) is 18.5 Å². The van der Waals surface area contributed by atoms with E-state index in [9.17, 15) is 4.79 Å². The summed E-state index contributed by atoms with van der Waals surface area (Å²) in [7, 11) is 2.19. The van der Waals surface area contributed by atoms with Gasteiger partial charge in [-0.2, -0.15) is 0 Å². The second-order valence-corrected chi connectivity index (χ2v) is 5.85. The minimum Gasteiger partial charge on any atom is -0.481 e. The maximum Gasteiger partial charge on any atom is 0.303 e. The van der Waals surface area contributed by atoms with Crippen LogP contribution in [-0.4, -0.2) is 59.6 Å². The molecule has 0 aromatic rings. The summed E-state index contributed by atoms with van der Waals surface area (Å²) in [6, 6.07) is 1.21. The Labute approximate surface area is 110 Å². The number of likely N-dealkylation sites (tertiary alicyclic amines) is 2. The van der Waals surface area contributed by atoms with E-state index in [-0.39, 0.29) is 0 Å². The van der Waals surface area contributed by atoms with Crippen molar-refractivity contribution < 1.29 is 9.90 Å². The Morgan fingerprint density at radius 1 is 1.17 bits per heavy atom. The highest BCUT2D eigenvalue weighted by molar-refractivity contribution is 5.66. The largest absolute Gasteiger partial charge is 0.481 e. The van der Waals surface area contributed by atoms with Gasteiger partial charge in [-0.25, -0.2) is 0 Å². The van der Waals surface area contributed by atoms with Crippen molar-refractivity contribution >= 4 is 5.97 Å². The first-order valence-electron chi connectivity index (χ1n) is 7.33. The molecule has 0 aliphatic carbocycles. The molecular formula is C14H26N2O2. The van der Waals surface area contributed by atoms with E-state index >= 15 is 0 Å². The second kappa shape index (κ2) is 6.53. The van der Waals surface area contributed by atoms with Crippen LogP contribution < -0.4 is 0 Å². The fourth-order valence-corrected chi connectivity index (χ4v) is 3.43. The molecule has 2 saturated heterocycles. The van der Waals surface area contributed by atoms with E-state index in [4.69, 9.17) is 5.11 Å². The van der Waals surface area contributed by atoms with Crippen molar-refractivity contribution in [2.75, 3.05) is 26.7 Å². The summed E-state index contributed by atoms with van der Waals surface area (Å²) in [5, 5.41) is 8.85. The molecule has 1 unspecified atom stereocenters. The lowest BCUT2D eigenvalue weighted by molar-refractivity contribution is -0.137. The van der Waals surface area contributed by atoms with Crippen molar-refractivity contribution in [3.05, 3.63) is 0 Å². The van der Waals surface area contributed by atoms with Crippen LogP contribution in [0.5, 0.6) is 0 Å². The Morgan fingerprint density at radius 3 is 2.56 bits per heavy atom. The third-order valence-corrected chi connectivity index (χ3v) is 4.52. The monoisotopic (exact) mass is 254 g/mol. The number of piperidine rings is 2. The predicted molar refractivity (Wildman–Crippen MR) is 71.7 cm³/mol. The molecule has 2 aliphatic rings. The molecule has 2 heterocycles. The quantitative estimate of drug-likeness (QED) is 0.831. The van der Waals surface area contributed by atoms with Gasteiger partial charge in [-0.05, 0) is 58.8 Å². The topological polar surface area (TPSA) is 43.8 Å². The minimum atomic E-state index is -0.649. The summed E-state index contributed by atoms with van der Waals surface area (Å²) in [4.78, 5) is 15.8. The van der Waals surface area contributed by atoms with Crippen molar-refractivity contribution in [1.82, 2.24) is 9.80 Å². The molecule has 104 valence electrons. The lowest BCUT2D eigenvalue weighted by atomic mass is 9.93. The molecule has 4 nitrogen and oxygen atoms in total. The Balaban J connectivity index is 1.88. The van der Waals surface area contributed by atoms with E-state index in [1.54, 1.807) is 0 Å². The van der Waals surface area contributed by atoms with E-state index < -0.39 is 5.97 Å². The third kappa shape index (κ3) is 3.69. The molecule has 0 spiro atoms. The molecule has 0 bridgehead atoms. The number of aliphatic carboxylic acids is 1. The van der Waals surface area contributed by atoms with Gasteiger partial charge in [-0.1, -0.05) is 6.42 Å². The van der Waals surface area contributed by atoms with Gasteiger partial charge in [0.1, 0.15) is 0 Å². The van der Waals surface area contributed by atoms with Crippen LogP contribution in [0.2, 0.25) is 0 Å². The zero-order valence-electron chi connectivity index (χ0n) is 11.5. The van der Waals surface area contributed by atoms with Gasteiger partial charge < -0.3 is 10.0 Å². The summed E-state index contributed by atoms with van der Waals surface area (Å²) in [6.07, 6.45) is 7.42. The van der Waals surface area contributed by atoms with Crippen LogP contribution in [0.4, 0.5) is 0 Å². The Bertz CT molecular complexity index is 275. The number of hydrogen-bond acceptors (Lipinski definition) is 3. The highest BCUT2D eigenvalue weighted by Gasteiger charge is 2.30. The molecule has 18 heavy (non-hydrogen) atoms. The molecule has 2 rings (SSSR count). The maximum absolute atomic E-state index is 10.7. The zero-order valence-corrected chi connectivity index (χ0v) is 11.5. The van der Waals surface area contributed by atoms with Crippen LogP contribution in [0.1, 0.15) is 44.9 Å². The number of rotatable bonds is 4. The lowest BCUT2D eigenvalue weighted by Gasteiger charge is -2.44. The smallest absolute Gasteiger partial charge is 0.303 e. The molecule has 1 atom stereocenters. The normalized spacial score (nSPS) is 28.4. The van der Waals surface area contributed by atoms with Crippen molar-refractivity contribution in [1.29, 1.82) is 0 Å². The molecule has 0 aromatic heterocycles. The molecule has 0 amide bonds. The first-order chi connectivity index (χ1) is 8.66. The van der Waals surface area contributed by atoms with Crippen LogP contribution >= 0.6 is 0 Å². The van der Waals surface area contributed by atoms with Crippen LogP contribution in [-0.2, 0) is 4.79 Å². The van der Waals surface area contributed by atoms with Crippen LogP contribution in [0.25, 0.3) is 0 Å². The standard InChI is InChI=1S/C14H26N2O2/c1-15-10-7-13(8-11-15)16-9-3-2-4-12(16)5-6-14(17)18/h12-13H,2-11H2,1H3,(H,17,18). The zero-order chi connectivity index (χ0) is 13.0. The van der Waals surface area contributed by atoms with Crippen molar-refractivity contribution in [2.45, 2.75) is 57.0 Å². The van der Waals surface area contributed by atoms with E-state index in [0.29, 0.717) is 18.5 Å². The third-order valence-electron chi connectivity index (χ3n) is 4.52. The molecule has 1 N–H and O–H groups in total. The highest BCUT2D eigenvalue weighted by atomic mass is 16.4. The number of carboxylic acids is 1. The Kier molecular flexibility index (Phi) is 5.01. The van der Waals surface area contributed by atoms with Gasteiger partial charge in [-0.3, -0.25) is 9.69 Å². The molecule has 0 radical (unpaired) electrons. The van der Waals surface area contributed by atoms with Crippen LogP contribution in [0.15, 0.2) is 0 Å². The van der Waals surface area contributed by atoms with Gasteiger partial charge in [0.05, 0.1) is 0 Å². The average molecular weight is 254 g/mol. The molecule has 0 aromatic carbocycles. The second-order valence-electron chi connectivity index (χ2n) is 5.85. The fraction of sp³-hybridized carbons (Fsp3) is 0.929. The van der Waals surface area contributed by atoms with Gasteiger partial charge in [0.15, 0.2) is 0 Å². The Hall–Kier alpha value is -0.610. The van der Waals surface area contributed by atoms with Crippen LogP contribution in [0, 0.1) is 0 Å². The molecule has 0 saturated carbocycles. The molecule has 2 aliphatic heterocycles. The minimum absolute atomic E-state index is 0.327. The molecular weight excluding hydrogens is 228 g/mol. The maximum atomic E-state index is 10.7. The summed E-state index contributed by atoms with van der Waals surface area (Å²) in [6.45, 7) is 3.55. The predicted octanol–water partition coefficient (Wildman–Crippen LogP) is 1.80. The molecule has 4 heteroatoms. The van der Waals surface area contributed by atoms with E-state index in [1.165, 1.54) is 51.7 Å². The van der Waals surface area contributed by atoms with E-state index in [1.807, 2.05) is 0 Å². The van der Waals surface area contributed by atoms with Crippen molar-refractivity contribution in [3.8, 4) is 0 Å². The van der Waals surface area contributed by atoms with Crippen LogP contribution in [0.3, 0.4) is 0 Å². The number of carboxylic acid groups (broad SMARTS) is 1. The van der Waals surface area contributed by atoms with E-state index in [0.717, 1.165) is 6.42 Å².